The molecule has 1 aliphatic rings. The smallest absolute Gasteiger partial charge is 0.275 e. The lowest BCUT2D eigenvalue weighted by Gasteiger charge is -2.27. The van der Waals surface area contributed by atoms with E-state index >= 15 is 0 Å². The SMILES string of the molecule is O=[N+]([O-])c1cc(Br)ccc1CN1CCNCC1. The summed E-state index contributed by atoms with van der Waals surface area (Å²) in [7, 11) is 0. The molecule has 1 aromatic rings. The van der Waals surface area contributed by atoms with Crippen molar-refractivity contribution < 1.29 is 4.92 Å². The van der Waals surface area contributed by atoms with Crippen LogP contribution in [0.3, 0.4) is 0 Å². The van der Waals surface area contributed by atoms with Gasteiger partial charge in [0, 0.05) is 48.8 Å². The molecular formula is C11H14BrN3O2. The van der Waals surface area contributed by atoms with Crippen molar-refractivity contribution in [3.05, 3.63) is 38.3 Å². The van der Waals surface area contributed by atoms with E-state index in [2.05, 4.69) is 26.1 Å². The van der Waals surface area contributed by atoms with Gasteiger partial charge in [-0.1, -0.05) is 15.9 Å². The number of nitro benzene ring substituents is 1. The summed E-state index contributed by atoms with van der Waals surface area (Å²) >= 11 is 3.26. The van der Waals surface area contributed by atoms with Crippen LogP contribution in [-0.4, -0.2) is 36.0 Å². The summed E-state index contributed by atoms with van der Waals surface area (Å²) in [5, 5.41) is 14.2. The van der Waals surface area contributed by atoms with Gasteiger partial charge >= 0.3 is 0 Å². The predicted molar refractivity (Wildman–Crippen MR) is 68.9 cm³/mol. The van der Waals surface area contributed by atoms with Crippen LogP contribution in [-0.2, 0) is 6.54 Å². The molecule has 1 saturated heterocycles. The minimum Gasteiger partial charge on any atom is -0.314 e. The van der Waals surface area contributed by atoms with Crippen LogP contribution < -0.4 is 5.32 Å². The van der Waals surface area contributed by atoms with Crippen LogP contribution in [0.2, 0.25) is 0 Å². The first-order valence-electron chi connectivity index (χ1n) is 5.53. The predicted octanol–water partition coefficient (Wildman–Crippen LogP) is 1.76. The number of hydrogen-bond acceptors (Lipinski definition) is 4. The molecule has 1 N–H and O–H groups in total. The molecule has 0 unspecified atom stereocenters. The van der Waals surface area contributed by atoms with Gasteiger partial charge in [-0.15, -0.1) is 0 Å². The molecule has 0 amide bonds. The highest BCUT2D eigenvalue weighted by Gasteiger charge is 2.18. The fourth-order valence-electron chi connectivity index (χ4n) is 1.95. The van der Waals surface area contributed by atoms with Gasteiger partial charge in [-0.25, -0.2) is 0 Å². The van der Waals surface area contributed by atoms with Gasteiger partial charge < -0.3 is 5.32 Å². The average Bonchev–Trinajstić information content (AvgIpc) is 2.32. The zero-order chi connectivity index (χ0) is 12.3. The molecule has 0 atom stereocenters. The van der Waals surface area contributed by atoms with E-state index < -0.39 is 0 Å². The van der Waals surface area contributed by atoms with Crippen LogP contribution in [0.1, 0.15) is 5.56 Å². The Kier molecular flexibility index (Phi) is 4.09. The molecular weight excluding hydrogens is 286 g/mol. The van der Waals surface area contributed by atoms with Crippen molar-refractivity contribution in [1.82, 2.24) is 10.2 Å². The van der Waals surface area contributed by atoms with Gasteiger partial charge in [-0.3, -0.25) is 15.0 Å². The lowest BCUT2D eigenvalue weighted by atomic mass is 10.1. The number of piperazine rings is 1. The van der Waals surface area contributed by atoms with Crippen LogP contribution in [0.25, 0.3) is 0 Å². The van der Waals surface area contributed by atoms with E-state index in [0.717, 1.165) is 36.2 Å². The number of hydrogen-bond donors (Lipinski definition) is 1. The summed E-state index contributed by atoms with van der Waals surface area (Å²) in [6.45, 7) is 4.42. The normalized spacial score (nSPS) is 17.0. The van der Waals surface area contributed by atoms with Crippen LogP contribution in [0.4, 0.5) is 5.69 Å². The molecule has 1 aromatic carbocycles. The third-order valence-corrected chi connectivity index (χ3v) is 3.34. The first kappa shape index (κ1) is 12.5. The summed E-state index contributed by atoms with van der Waals surface area (Å²) in [6.07, 6.45) is 0. The van der Waals surface area contributed by atoms with Gasteiger partial charge in [0.05, 0.1) is 4.92 Å². The summed E-state index contributed by atoms with van der Waals surface area (Å²) < 4.78 is 0.744. The second-order valence-corrected chi connectivity index (χ2v) is 4.97. The Morgan fingerprint density at radius 2 is 2.12 bits per heavy atom. The third-order valence-electron chi connectivity index (χ3n) is 2.85. The van der Waals surface area contributed by atoms with Crippen LogP contribution in [0.5, 0.6) is 0 Å². The van der Waals surface area contributed by atoms with Gasteiger partial charge in [-0.2, -0.15) is 0 Å². The van der Waals surface area contributed by atoms with Crippen molar-refractivity contribution in [2.24, 2.45) is 0 Å². The maximum Gasteiger partial charge on any atom is 0.275 e. The lowest BCUT2D eigenvalue weighted by Crippen LogP contribution is -2.42. The highest BCUT2D eigenvalue weighted by Crippen LogP contribution is 2.24. The van der Waals surface area contributed by atoms with Crippen molar-refractivity contribution in [1.29, 1.82) is 0 Å². The second kappa shape index (κ2) is 5.57. The number of nitrogens with zero attached hydrogens (tertiary/aromatic N) is 2. The highest BCUT2D eigenvalue weighted by atomic mass is 79.9. The van der Waals surface area contributed by atoms with Crippen LogP contribution >= 0.6 is 15.9 Å². The van der Waals surface area contributed by atoms with E-state index in [1.165, 1.54) is 0 Å². The van der Waals surface area contributed by atoms with E-state index in [4.69, 9.17) is 0 Å². The molecule has 1 fully saturated rings. The molecule has 1 aliphatic heterocycles. The largest absolute Gasteiger partial charge is 0.314 e. The second-order valence-electron chi connectivity index (χ2n) is 4.06. The number of halogens is 1. The molecule has 2 rings (SSSR count). The summed E-state index contributed by atoms with van der Waals surface area (Å²) in [5.41, 5.74) is 0.970. The first-order valence-corrected chi connectivity index (χ1v) is 6.32. The zero-order valence-electron chi connectivity index (χ0n) is 9.36. The summed E-state index contributed by atoms with van der Waals surface area (Å²) in [6, 6.07) is 5.24. The van der Waals surface area contributed by atoms with E-state index in [9.17, 15) is 10.1 Å². The number of rotatable bonds is 3. The van der Waals surface area contributed by atoms with Crippen molar-refractivity contribution in [3.63, 3.8) is 0 Å². The number of nitro groups is 1. The Bertz CT molecular complexity index is 419. The monoisotopic (exact) mass is 299 g/mol. The average molecular weight is 300 g/mol. The molecule has 0 aliphatic carbocycles. The molecule has 5 nitrogen and oxygen atoms in total. The molecule has 0 spiro atoms. The topological polar surface area (TPSA) is 58.4 Å². The number of nitrogens with one attached hydrogen (secondary N) is 1. The van der Waals surface area contributed by atoms with Crippen LogP contribution in [0, 0.1) is 10.1 Å². The molecule has 0 bridgehead atoms. The van der Waals surface area contributed by atoms with Crippen molar-refractivity contribution in [3.8, 4) is 0 Å². The minimum atomic E-state index is -0.317. The summed E-state index contributed by atoms with van der Waals surface area (Å²) in [4.78, 5) is 12.9. The third kappa shape index (κ3) is 3.24. The van der Waals surface area contributed by atoms with E-state index in [-0.39, 0.29) is 10.6 Å². The fraction of sp³-hybridized carbons (Fsp3) is 0.455. The molecule has 0 aromatic heterocycles. The lowest BCUT2D eigenvalue weighted by molar-refractivity contribution is -0.385. The van der Waals surface area contributed by atoms with Crippen molar-refractivity contribution >= 4 is 21.6 Å². The molecule has 17 heavy (non-hydrogen) atoms. The molecule has 0 saturated carbocycles. The van der Waals surface area contributed by atoms with Gasteiger partial charge in [-0.05, 0) is 12.1 Å². The molecule has 0 radical (unpaired) electrons. The molecule has 1 heterocycles. The van der Waals surface area contributed by atoms with Gasteiger partial charge in [0.1, 0.15) is 0 Å². The Morgan fingerprint density at radius 3 is 2.76 bits per heavy atom. The Hall–Kier alpha value is -0.980. The van der Waals surface area contributed by atoms with Crippen molar-refractivity contribution in [2.75, 3.05) is 26.2 Å². The number of benzene rings is 1. The standard InChI is InChI=1S/C11H14BrN3O2/c12-10-2-1-9(11(7-10)15(16)17)8-14-5-3-13-4-6-14/h1-2,7,13H,3-6,8H2. The van der Waals surface area contributed by atoms with E-state index in [0.29, 0.717) is 6.54 Å². The van der Waals surface area contributed by atoms with Gasteiger partial charge in [0.2, 0.25) is 0 Å². The highest BCUT2D eigenvalue weighted by molar-refractivity contribution is 9.10. The van der Waals surface area contributed by atoms with Gasteiger partial charge in [0.25, 0.3) is 5.69 Å². The Morgan fingerprint density at radius 1 is 1.41 bits per heavy atom. The van der Waals surface area contributed by atoms with E-state index in [1.54, 1.807) is 6.07 Å². The zero-order valence-corrected chi connectivity index (χ0v) is 10.9. The maximum absolute atomic E-state index is 11.0. The van der Waals surface area contributed by atoms with Crippen molar-refractivity contribution in [2.45, 2.75) is 6.54 Å². The fourth-order valence-corrected chi connectivity index (χ4v) is 2.30. The maximum atomic E-state index is 11.0. The quantitative estimate of drug-likeness (QED) is 0.682. The minimum absolute atomic E-state index is 0.193. The molecule has 92 valence electrons. The molecule has 6 heteroatoms. The Labute approximate surface area is 108 Å². The Balaban J connectivity index is 2.16. The first-order chi connectivity index (χ1) is 8.16. The summed E-state index contributed by atoms with van der Waals surface area (Å²) in [5.74, 6) is 0. The van der Waals surface area contributed by atoms with Crippen LogP contribution in [0.15, 0.2) is 22.7 Å². The van der Waals surface area contributed by atoms with E-state index in [1.807, 2.05) is 12.1 Å². The van der Waals surface area contributed by atoms with Gasteiger partial charge in [0.15, 0.2) is 0 Å².